The number of esters is 2. The van der Waals surface area contributed by atoms with Crippen LogP contribution in [0.25, 0.3) is 6.08 Å². The molecule has 0 unspecified atom stereocenters. The monoisotopic (exact) mass is 573 g/mol. The SMILES string of the molecule is COc1cc(/C=C2\N=C(c3ccc(I)cc3)OC2=O)cc(Cl)c1OC(=O)c1cccc(C)c1. The lowest BCUT2D eigenvalue weighted by Crippen LogP contribution is -2.10. The van der Waals surface area contributed by atoms with Gasteiger partial charge in [0.1, 0.15) is 0 Å². The Labute approximate surface area is 209 Å². The molecule has 0 radical (unpaired) electrons. The van der Waals surface area contributed by atoms with Crippen LogP contribution in [0.15, 0.2) is 71.4 Å². The summed E-state index contributed by atoms with van der Waals surface area (Å²) in [5.74, 6) is -0.581. The van der Waals surface area contributed by atoms with Gasteiger partial charge in [-0.2, -0.15) is 0 Å². The molecule has 1 heterocycles. The maximum absolute atomic E-state index is 12.6. The van der Waals surface area contributed by atoms with Crippen molar-refractivity contribution in [2.24, 2.45) is 4.99 Å². The van der Waals surface area contributed by atoms with Gasteiger partial charge in [-0.25, -0.2) is 14.6 Å². The third-order valence-corrected chi connectivity index (χ3v) is 5.72. The fourth-order valence-electron chi connectivity index (χ4n) is 3.13. The first kappa shape index (κ1) is 23.0. The van der Waals surface area contributed by atoms with Crippen LogP contribution in [0.5, 0.6) is 11.5 Å². The molecule has 0 bridgehead atoms. The molecule has 1 aliphatic rings. The van der Waals surface area contributed by atoms with E-state index < -0.39 is 11.9 Å². The van der Waals surface area contributed by atoms with Crippen LogP contribution in [-0.4, -0.2) is 24.9 Å². The molecule has 0 aliphatic carbocycles. The van der Waals surface area contributed by atoms with E-state index in [1.54, 1.807) is 30.3 Å². The Kier molecular flexibility index (Phi) is 6.80. The van der Waals surface area contributed by atoms with E-state index in [0.717, 1.165) is 9.13 Å². The number of ether oxygens (including phenoxy) is 3. The molecule has 3 aromatic carbocycles. The van der Waals surface area contributed by atoms with Crippen LogP contribution in [0.3, 0.4) is 0 Å². The van der Waals surface area contributed by atoms with Crippen LogP contribution >= 0.6 is 34.2 Å². The van der Waals surface area contributed by atoms with Crippen molar-refractivity contribution < 1.29 is 23.8 Å². The number of rotatable bonds is 5. The minimum absolute atomic E-state index is 0.0879. The lowest BCUT2D eigenvalue weighted by molar-refractivity contribution is -0.129. The van der Waals surface area contributed by atoms with E-state index in [1.807, 2.05) is 37.3 Å². The first-order chi connectivity index (χ1) is 15.8. The van der Waals surface area contributed by atoms with Crippen LogP contribution in [0, 0.1) is 10.5 Å². The summed E-state index contributed by atoms with van der Waals surface area (Å²) in [4.78, 5) is 29.2. The maximum Gasteiger partial charge on any atom is 0.363 e. The van der Waals surface area contributed by atoms with Gasteiger partial charge in [-0.15, -0.1) is 0 Å². The van der Waals surface area contributed by atoms with E-state index in [-0.39, 0.29) is 28.1 Å². The Morgan fingerprint density at radius 3 is 2.58 bits per heavy atom. The number of benzene rings is 3. The van der Waals surface area contributed by atoms with Crippen molar-refractivity contribution in [3.05, 3.63) is 97.2 Å². The lowest BCUT2D eigenvalue weighted by Gasteiger charge is -2.12. The molecule has 0 amide bonds. The Balaban J connectivity index is 1.62. The molecule has 0 saturated carbocycles. The molecular formula is C25H17ClINO5. The highest BCUT2D eigenvalue weighted by Crippen LogP contribution is 2.38. The number of carbonyl (C=O) groups excluding carboxylic acids is 2. The van der Waals surface area contributed by atoms with E-state index in [2.05, 4.69) is 27.6 Å². The Hall–Kier alpha value is -3.17. The van der Waals surface area contributed by atoms with Gasteiger partial charge in [-0.1, -0.05) is 29.3 Å². The summed E-state index contributed by atoms with van der Waals surface area (Å²) in [6.45, 7) is 1.88. The molecular weight excluding hydrogens is 557 g/mol. The Morgan fingerprint density at radius 1 is 1.12 bits per heavy atom. The first-order valence-electron chi connectivity index (χ1n) is 9.79. The highest BCUT2D eigenvalue weighted by Gasteiger charge is 2.25. The predicted molar refractivity (Wildman–Crippen MR) is 134 cm³/mol. The van der Waals surface area contributed by atoms with Gasteiger partial charge < -0.3 is 14.2 Å². The predicted octanol–water partition coefficient (Wildman–Crippen LogP) is 5.83. The summed E-state index contributed by atoms with van der Waals surface area (Å²) < 4.78 is 17.2. The molecule has 166 valence electrons. The van der Waals surface area contributed by atoms with Gasteiger partial charge in [0.05, 0.1) is 17.7 Å². The van der Waals surface area contributed by atoms with Gasteiger partial charge >= 0.3 is 11.9 Å². The quantitative estimate of drug-likeness (QED) is 0.166. The van der Waals surface area contributed by atoms with Crippen molar-refractivity contribution in [3.8, 4) is 11.5 Å². The zero-order valence-corrected chi connectivity index (χ0v) is 20.5. The summed E-state index contributed by atoms with van der Waals surface area (Å²) in [6.07, 6.45) is 1.53. The van der Waals surface area contributed by atoms with Crippen LogP contribution < -0.4 is 9.47 Å². The van der Waals surface area contributed by atoms with E-state index >= 15 is 0 Å². The van der Waals surface area contributed by atoms with Crippen LogP contribution in [0.2, 0.25) is 5.02 Å². The largest absolute Gasteiger partial charge is 0.493 e. The van der Waals surface area contributed by atoms with Crippen molar-refractivity contribution in [3.63, 3.8) is 0 Å². The van der Waals surface area contributed by atoms with E-state index in [0.29, 0.717) is 16.7 Å². The summed E-state index contributed by atoms with van der Waals surface area (Å²) in [5, 5.41) is 0.149. The molecule has 4 rings (SSSR count). The molecule has 0 fully saturated rings. The normalized spacial score (nSPS) is 14.1. The molecule has 0 spiro atoms. The third kappa shape index (κ3) is 5.26. The third-order valence-electron chi connectivity index (χ3n) is 4.72. The number of aliphatic imine (C=N–C) groups is 1. The molecule has 3 aromatic rings. The molecule has 0 aromatic heterocycles. The van der Waals surface area contributed by atoms with Crippen molar-refractivity contribution in [1.29, 1.82) is 0 Å². The molecule has 0 atom stereocenters. The minimum Gasteiger partial charge on any atom is -0.493 e. The fraction of sp³-hybridized carbons (Fsp3) is 0.0800. The average molecular weight is 574 g/mol. The zero-order valence-electron chi connectivity index (χ0n) is 17.6. The van der Waals surface area contributed by atoms with Gasteiger partial charge in [-0.05, 0) is 89.7 Å². The van der Waals surface area contributed by atoms with Gasteiger partial charge in [0.25, 0.3) is 0 Å². The molecule has 1 aliphatic heterocycles. The summed E-state index contributed by atoms with van der Waals surface area (Å²) in [5.41, 5.74) is 2.67. The Bertz CT molecular complexity index is 1310. The topological polar surface area (TPSA) is 74.2 Å². The van der Waals surface area contributed by atoms with Gasteiger partial charge in [-0.3, -0.25) is 0 Å². The van der Waals surface area contributed by atoms with Gasteiger partial charge in [0.2, 0.25) is 5.90 Å². The number of hydrogen-bond donors (Lipinski definition) is 0. The van der Waals surface area contributed by atoms with Crippen LogP contribution in [-0.2, 0) is 9.53 Å². The smallest absolute Gasteiger partial charge is 0.363 e. The molecule has 8 heteroatoms. The van der Waals surface area contributed by atoms with Crippen molar-refractivity contribution in [2.75, 3.05) is 7.11 Å². The highest BCUT2D eigenvalue weighted by molar-refractivity contribution is 14.1. The summed E-state index contributed by atoms with van der Waals surface area (Å²) in [6, 6.07) is 17.6. The zero-order chi connectivity index (χ0) is 23.5. The standard InChI is InChI=1S/C25H17ClINO5/c1-14-4-3-5-17(10-14)24(29)32-22-19(26)11-15(13-21(22)31-2)12-20-25(30)33-23(28-20)16-6-8-18(27)9-7-16/h3-13H,1-2H3/b20-12-. The van der Waals surface area contributed by atoms with E-state index in [9.17, 15) is 9.59 Å². The van der Waals surface area contributed by atoms with Crippen LogP contribution in [0.1, 0.15) is 27.0 Å². The number of nitrogens with zero attached hydrogens (tertiary/aromatic N) is 1. The average Bonchev–Trinajstić information content (AvgIpc) is 3.15. The van der Waals surface area contributed by atoms with E-state index in [1.165, 1.54) is 13.2 Å². The van der Waals surface area contributed by atoms with E-state index in [4.69, 9.17) is 25.8 Å². The molecule has 0 saturated heterocycles. The second-order valence-electron chi connectivity index (χ2n) is 7.14. The Morgan fingerprint density at radius 2 is 1.88 bits per heavy atom. The van der Waals surface area contributed by atoms with Gasteiger partial charge in [0, 0.05) is 9.13 Å². The van der Waals surface area contributed by atoms with Crippen molar-refractivity contribution in [1.82, 2.24) is 0 Å². The molecule has 6 nitrogen and oxygen atoms in total. The molecule has 33 heavy (non-hydrogen) atoms. The number of hydrogen-bond acceptors (Lipinski definition) is 6. The second-order valence-corrected chi connectivity index (χ2v) is 8.79. The number of aryl methyl sites for hydroxylation is 1. The number of carbonyl (C=O) groups is 2. The van der Waals surface area contributed by atoms with Crippen molar-refractivity contribution >= 4 is 58.1 Å². The van der Waals surface area contributed by atoms with Crippen LogP contribution in [0.4, 0.5) is 0 Å². The number of cyclic esters (lactones) is 1. The lowest BCUT2D eigenvalue weighted by atomic mass is 10.1. The fourth-order valence-corrected chi connectivity index (χ4v) is 3.75. The number of methoxy groups -OCH3 is 1. The second kappa shape index (κ2) is 9.76. The summed E-state index contributed by atoms with van der Waals surface area (Å²) in [7, 11) is 1.43. The first-order valence-corrected chi connectivity index (χ1v) is 11.2. The van der Waals surface area contributed by atoms with Gasteiger partial charge in [0.15, 0.2) is 17.2 Å². The highest BCUT2D eigenvalue weighted by atomic mass is 127. The molecule has 0 N–H and O–H groups in total. The van der Waals surface area contributed by atoms with Crippen molar-refractivity contribution in [2.45, 2.75) is 6.92 Å². The minimum atomic E-state index is -0.575. The maximum atomic E-state index is 12.6. The summed E-state index contributed by atoms with van der Waals surface area (Å²) >= 11 is 8.59. The number of halogens is 2.